The minimum Gasteiger partial charge on any atom is -0.443 e. The molecule has 188 valence electrons. The van der Waals surface area contributed by atoms with Crippen molar-refractivity contribution in [3.8, 4) is 0 Å². The zero-order valence-electron chi connectivity index (χ0n) is 21.4. The number of rotatable bonds is 5. The number of thioether (sulfide) groups is 1. The summed E-state index contributed by atoms with van der Waals surface area (Å²) in [6.45, 7) is 10.7. The lowest BCUT2D eigenvalue weighted by Gasteiger charge is -2.45. The highest BCUT2D eigenvalue weighted by molar-refractivity contribution is 7.98. The molecule has 9 heteroatoms. The molecule has 0 N–H and O–H groups in total. The van der Waals surface area contributed by atoms with Gasteiger partial charge in [-0.1, -0.05) is 43.8 Å². The second-order valence-electron chi connectivity index (χ2n) is 9.95. The number of carbonyl (C=O) groups excluding carboxylic acids is 2. The van der Waals surface area contributed by atoms with E-state index in [0.29, 0.717) is 24.7 Å². The Hall–Kier alpha value is -2.81. The Morgan fingerprint density at radius 1 is 1.23 bits per heavy atom. The van der Waals surface area contributed by atoms with E-state index in [0.717, 1.165) is 35.5 Å². The van der Waals surface area contributed by atoms with E-state index in [2.05, 4.69) is 18.8 Å². The van der Waals surface area contributed by atoms with Crippen LogP contribution in [0.5, 0.6) is 0 Å². The molecule has 3 heterocycles. The van der Waals surface area contributed by atoms with Crippen molar-refractivity contribution in [3.63, 3.8) is 0 Å². The van der Waals surface area contributed by atoms with Gasteiger partial charge in [-0.2, -0.15) is 0 Å². The maximum absolute atomic E-state index is 14.0. The number of urea groups is 1. The minimum atomic E-state index is -0.582. The molecule has 3 amide bonds. The van der Waals surface area contributed by atoms with Crippen LogP contribution < -0.4 is 9.80 Å². The molecule has 8 nitrogen and oxygen atoms in total. The lowest BCUT2D eigenvalue weighted by molar-refractivity contribution is 0.0572. The van der Waals surface area contributed by atoms with Crippen molar-refractivity contribution >= 4 is 35.4 Å². The molecule has 1 aromatic carbocycles. The van der Waals surface area contributed by atoms with Gasteiger partial charge >= 0.3 is 12.1 Å². The highest BCUT2D eigenvalue weighted by atomic mass is 32.2. The summed E-state index contributed by atoms with van der Waals surface area (Å²) in [6.07, 6.45) is 5.72. The number of fused-ring (bicyclic) bond motifs is 2. The summed E-state index contributed by atoms with van der Waals surface area (Å²) in [5.41, 5.74) is 2.11. The van der Waals surface area contributed by atoms with Gasteiger partial charge in [-0.15, -0.1) is 0 Å². The van der Waals surface area contributed by atoms with Gasteiger partial charge in [0.15, 0.2) is 5.16 Å². The molecular formula is C26H35N5O3S. The number of amides is 3. The monoisotopic (exact) mass is 497 g/mol. The predicted octanol–water partition coefficient (Wildman–Crippen LogP) is 6.02. The Bertz CT molecular complexity index is 1100. The summed E-state index contributed by atoms with van der Waals surface area (Å²) in [4.78, 5) is 41.7. The summed E-state index contributed by atoms with van der Waals surface area (Å²) in [6, 6.07) is 7.66. The summed E-state index contributed by atoms with van der Waals surface area (Å²) in [7, 11) is 0. The number of ether oxygens (including phenoxy) is 1. The standard InChI is InChI=1S/C26H35N5O3S/c1-7-18(8-2)31-22-17(15-27-23(28-22)35-6)16-30(24(31)32)21-13-14-29(25(33)34-26(3,4)5)20-12-10-9-11-19(20)21/h9-12,15,18,21H,7-8,13-14,16H2,1-6H3. The molecule has 2 aromatic rings. The molecule has 2 aliphatic rings. The first-order chi connectivity index (χ1) is 16.7. The van der Waals surface area contributed by atoms with Crippen molar-refractivity contribution in [2.24, 2.45) is 0 Å². The van der Waals surface area contributed by atoms with Crippen molar-refractivity contribution in [1.29, 1.82) is 0 Å². The van der Waals surface area contributed by atoms with Crippen LogP contribution in [0.3, 0.4) is 0 Å². The van der Waals surface area contributed by atoms with Crippen LogP contribution in [0, 0.1) is 0 Å². The molecule has 0 saturated carbocycles. The molecule has 0 saturated heterocycles. The maximum Gasteiger partial charge on any atom is 0.414 e. The van der Waals surface area contributed by atoms with Gasteiger partial charge in [0.25, 0.3) is 0 Å². The maximum atomic E-state index is 14.0. The van der Waals surface area contributed by atoms with Gasteiger partial charge in [-0.05, 0) is 57.9 Å². The summed E-state index contributed by atoms with van der Waals surface area (Å²) < 4.78 is 5.66. The molecule has 0 fully saturated rings. The van der Waals surface area contributed by atoms with Crippen molar-refractivity contribution in [3.05, 3.63) is 41.6 Å². The number of anilines is 2. The summed E-state index contributed by atoms with van der Waals surface area (Å²) in [5.74, 6) is 0.721. The molecule has 2 aliphatic heterocycles. The van der Waals surface area contributed by atoms with E-state index in [1.54, 1.807) is 4.90 Å². The van der Waals surface area contributed by atoms with Crippen LogP contribution in [0.1, 0.15) is 71.0 Å². The highest BCUT2D eigenvalue weighted by Crippen LogP contribution is 2.42. The Kier molecular flexibility index (Phi) is 7.26. The fourth-order valence-electron chi connectivity index (χ4n) is 4.88. The molecule has 4 rings (SSSR count). The fourth-order valence-corrected chi connectivity index (χ4v) is 5.22. The number of aromatic nitrogens is 2. The molecule has 35 heavy (non-hydrogen) atoms. The van der Waals surface area contributed by atoms with Crippen LogP contribution in [0.25, 0.3) is 0 Å². The van der Waals surface area contributed by atoms with Gasteiger partial charge in [-0.25, -0.2) is 19.6 Å². The molecule has 0 bridgehead atoms. The molecule has 0 spiro atoms. The fraction of sp³-hybridized carbons (Fsp3) is 0.538. The third-order valence-corrected chi connectivity index (χ3v) is 7.10. The molecule has 0 aliphatic carbocycles. The lowest BCUT2D eigenvalue weighted by Crippen LogP contribution is -2.54. The number of benzene rings is 1. The third-order valence-electron chi connectivity index (χ3n) is 6.53. The molecule has 0 radical (unpaired) electrons. The van der Waals surface area contributed by atoms with Crippen molar-refractivity contribution in [2.45, 2.75) is 83.3 Å². The van der Waals surface area contributed by atoms with E-state index in [9.17, 15) is 9.59 Å². The lowest BCUT2D eigenvalue weighted by atomic mass is 9.94. The third kappa shape index (κ3) is 4.96. The van der Waals surface area contributed by atoms with Crippen LogP contribution >= 0.6 is 11.8 Å². The van der Waals surface area contributed by atoms with E-state index >= 15 is 0 Å². The Morgan fingerprint density at radius 2 is 1.94 bits per heavy atom. The Labute approximate surface area is 212 Å². The quantitative estimate of drug-likeness (QED) is 0.371. The smallest absolute Gasteiger partial charge is 0.414 e. The van der Waals surface area contributed by atoms with Crippen LogP contribution in [0.4, 0.5) is 21.1 Å². The van der Waals surface area contributed by atoms with Gasteiger partial charge in [-0.3, -0.25) is 9.80 Å². The number of hydrogen-bond acceptors (Lipinski definition) is 6. The number of nitrogens with zero attached hydrogens (tertiary/aromatic N) is 5. The first-order valence-electron chi connectivity index (χ1n) is 12.3. The number of carbonyl (C=O) groups is 2. The van der Waals surface area contributed by atoms with Crippen LogP contribution in [0.2, 0.25) is 0 Å². The second kappa shape index (κ2) is 10.0. The van der Waals surface area contributed by atoms with Crippen molar-refractivity contribution in [2.75, 3.05) is 22.6 Å². The van der Waals surface area contributed by atoms with Gasteiger partial charge in [0.2, 0.25) is 0 Å². The molecule has 1 aromatic heterocycles. The Balaban J connectivity index is 1.72. The summed E-state index contributed by atoms with van der Waals surface area (Å²) in [5, 5.41) is 0.664. The van der Waals surface area contributed by atoms with E-state index in [4.69, 9.17) is 9.72 Å². The molecule has 1 atom stereocenters. The molecule has 1 unspecified atom stereocenters. The van der Waals surface area contributed by atoms with Crippen LogP contribution in [-0.2, 0) is 11.3 Å². The topological polar surface area (TPSA) is 78.9 Å². The van der Waals surface area contributed by atoms with E-state index < -0.39 is 5.60 Å². The van der Waals surface area contributed by atoms with E-state index in [1.165, 1.54) is 11.8 Å². The Morgan fingerprint density at radius 3 is 2.60 bits per heavy atom. The van der Waals surface area contributed by atoms with Gasteiger partial charge in [0.05, 0.1) is 18.3 Å². The number of hydrogen-bond donors (Lipinski definition) is 0. The normalized spacial score (nSPS) is 18.0. The average molecular weight is 498 g/mol. The van der Waals surface area contributed by atoms with Gasteiger partial charge in [0.1, 0.15) is 11.4 Å². The summed E-state index contributed by atoms with van der Waals surface area (Å²) >= 11 is 1.47. The van der Waals surface area contributed by atoms with Crippen molar-refractivity contribution in [1.82, 2.24) is 14.9 Å². The number of para-hydroxylation sites is 1. The SMILES string of the molecule is CCC(CC)N1C(=O)N(C2CCN(C(=O)OC(C)(C)C)c3ccccc32)Cc2cnc(SC)nc21. The highest BCUT2D eigenvalue weighted by Gasteiger charge is 2.42. The van der Waals surface area contributed by atoms with E-state index in [-0.39, 0.29) is 24.2 Å². The largest absolute Gasteiger partial charge is 0.443 e. The van der Waals surface area contributed by atoms with Gasteiger partial charge < -0.3 is 9.64 Å². The zero-order chi connectivity index (χ0) is 25.3. The minimum absolute atomic E-state index is 0.0394. The first-order valence-corrected chi connectivity index (χ1v) is 13.5. The zero-order valence-corrected chi connectivity index (χ0v) is 22.3. The average Bonchev–Trinajstić information content (AvgIpc) is 2.83. The molecular weight excluding hydrogens is 462 g/mol. The van der Waals surface area contributed by atoms with Crippen LogP contribution in [-0.4, -0.2) is 51.4 Å². The van der Waals surface area contributed by atoms with Gasteiger partial charge in [0, 0.05) is 24.3 Å². The van der Waals surface area contributed by atoms with Crippen LogP contribution in [0.15, 0.2) is 35.6 Å². The van der Waals surface area contributed by atoms with E-state index in [1.807, 2.05) is 67.3 Å². The first kappa shape index (κ1) is 25.3. The van der Waals surface area contributed by atoms with Crippen molar-refractivity contribution < 1.29 is 14.3 Å². The predicted molar refractivity (Wildman–Crippen MR) is 139 cm³/mol. The second-order valence-corrected chi connectivity index (χ2v) is 10.7.